The van der Waals surface area contributed by atoms with Crippen LogP contribution in [-0.4, -0.2) is 30.6 Å². The molecule has 0 heterocycles. The van der Waals surface area contributed by atoms with Crippen molar-refractivity contribution in [1.29, 1.82) is 0 Å². The molecule has 0 amide bonds. The number of likely N-dealkylation sites (N-methyl/N-ethyl adjacent to an activating group) is 1. The summed E-state index contributed by atoms with van der Waals surface area (Å²) in [5, 5.41) is 9.61. The van der Waals surface area contributed by atoms with E-state index in [0.29, 0.717) is 5.75 Å². The van der Waals surface area contributed by atoms with Crippen LogP contribution >= 0.6 is 0 Å². The molecule has 0 aliphatic heterocycles. The molecule has 1 aromatic rings. The highest BCUT2D eigenvalue weighted by Crippen LogP contribution is 2.42. The third-order valence-corrected chi connectivity index (χ3v) is 3.64. The first-order valence-electron chi connectivity index (χ1n) is 6.07. The van der Waals surface area contributed by atoms with Gasteiger partial charge < -0.3 is 10.0 Å². The molecule has 0 radical (unpaired) electrons. The Labute approximate surface area is 97.9 Å². The number of nitrogens with zero attached hydrogens (tertiary/aromatic N) is 1. The Morgan fingerprint density at radius 2 is 1.94 bits per heavy atom. The summed E-state index contributed by atoms with van der Waals surface area (Å²) in [6, 6.07) is 7.81. The van der Waals surface area contributed by atoms with E-state index in [0.717, 1.165) is 6.54 Å². The van der Waals surface area contributed by atoms with Crippen LogP contribution in [0.3, 0.4) is 0 Å². The van der Waals surface area contributed by atoms with E-state index in [-0.39, 0.29) is 5.41 Å². The second-order valence-corrected chi connectivity index (χ2v) is 5.28. The van der Waals surface area contributed by atoms with E-state index in [1.165, 1.54) is 31.2 Å². The van der Waals surface area contributed by atoms with Crippen molar-refractivity contribution >= 4 is 0 Å². The van der Waals surface area contributed by atoms with E-state index in [9.17, 15) is 5.11 Å². The highest BCUT2D eigenvalue weighted by Gasteiger charge is 2.36. The Bertz CT molecular complexity index is 354. The third-order valence-electron chi connectivity index (χ3n) is 3.64. The van der Waals surface area contributed by atoms with Crippen molar-refractivity contribution in [2.75, 3.05) is 20.6 Å². The molecule has 1 aromatic carbocycles. The van der Waals surface area contributed by atoms with Gasteiger partial charge in [-0.3, -0.25) is 0 Å². The minimum absolute atomic E-state index is 0.266. The van der Waals surface area contributed by atoms with Gasteiger partial charge >= 0.3 is 0 Å². The molecule has 0 bridgehead atoms. The summed E-state index contributed by atoms with van der Waals surface area (Å²) in [7, 11) is 4.26. The monoisotopic (exact) mass is 219 g/mol. The SMILES string of the molecule is CN(C)CC1(c2cccc(O)c2)CCCC1. The van der Waals surface area contributed by atoms with Crippen LogP contribution in [0.4, 0.5) is 0 Å². The molecule has 1 saturated carbocycles. The summed E-state index contributed by atoms with van der Waals surface area (Å²) in [5.74, 6) is 0.391. The Morgan fingerprint density at radius 3 is 2.50 bits per heavy atom. The molecular weight excluding hydrogens is 198 g/mol. The molecule has 1 fully saturated rings. The number of hydrogen-bond acceptors (Lipinski definition) is 2. The predicted octanol–water partition coefficient (Wildman–Crippen LogP) is 2.77. The molecular formula is C14H21NO. The first kappa shape index (κ1) is 11.5. The van der Waals surface area contributed by atoms with Crippen molar-refractivity contribution < 1.29 is 5.11 Å². The van der Waals surface area contributed by atoms with Gasteiger partial charge in [0.15, 0.2) is 0 Å². The van der Waals surface area contributed by atoms with Gasteiger partial charge in [0.05, 0.1) is 0 Å². The summed E-state index contributed by atoms with van der Waals surface area (Å²) < 4.78 is 0. The smallest absolute Gasteiger partial charge is 0.115 e. The fraction of sp³-hybridized carbons (Fsp3) is 0.571. The van der Waals surface area contributed by atoms with E-state index >= 15 is 0 Å². The Hall–Kier alpha value is -1.02. The average Bonchev–Trinajstić information content (AvgIpc) is 2.66. The van der Waals surface area contributed by atoms with Crippen LogP contribution in [0.1, 0.15) is 31.2 Å². The predicted molar refractivity (Wildman–Crippen MR) is 66.8 cm³/mol. The lowest BCUT2D eigenvalue weighted by Crippen LogP contribution is -2.35. The third kappa shape index (κ3) is 2.22. The molecule has 0 saturated heterocycles. The van der Waals surface area contributed by atoms with E-state index < -0.39 is 0 Å². The maximum atomic E-state index is 9.61. The summed E-state index contributed by atoms with van der Waals surface area (Å²) in [5.41, 5.74) is 1.57. The standard InChI is InChI=1S/C14H21NO/c1-15(2)11-14(8-3-4-9-14)12-6-5-7-13(16)10-12/h5-7,10,16H,3-4,8-9,11H2,1-2H3. The van der Waals surface area contributed by atoms with E-state index in [1.54, 1.807) is 6.07 Å². The second kappa shape index (κ2) is 4.46. The largest absolute Gasteiger partial charge is 0.508 e. The highest BCUT2D eigenvalue weighted by atomic mass is 16.3. The van der Waals surface area contributed by atoms with Gasteiger partial charge in [0.1, 0.15) is 5.75 Å². The number of phenols is 1. The summed E-state index contributed by atoms with van der Waals surface area (Å²) in [4.78, 5) is 2.26. The van der Waals surface area contributed by atoms with Crippen LogP contribution in [0.2, 0.25) is 0 Å². The Balaban J connectivity index is 2.31. The van der Waals surface area contributed by atoms with Crippen molar-refractivity contribution in [3.05, 3.63) is 29.8 Å². The summed E-state index contributed by atoms with van der Waals surface area (Å²) >= 11 is 0. The van der Waals surface area contributed by atoms with Gasteiger partial charge in [-0.2, -0.15) is 0 Å². The molecule has 1 aliphatic rings. The fourth-order valence-electron chi connectivity index (χ4n) is 3.03. The van der Waals surface area contributed by atoms with Crippen molar-refractivity contribution in [1.82, 2.24) is 4.90 Å². The number of phenolic OH excluding ortho intramolecular Hbond substituents is 1. The molecule has 2 heteroatoms. The van der Waals surface area contributed by atoms with E-state index in [1.807, 2.05) is 12.1 Å². The molecule has 2 nitrogen and oxygen atoms in total. The molecule has 0 atom stereocenters. The number of benzene rings is 1. The van der Waals surface area contributed by atoms with Crippen molar-refractivity contribution in [3.8, 4) is 5.75 Å². The normalized spacial score (nSPS) is 19.2. The molecule has 2 rings (SSSR count). The molecule has 88 valence electrons. The van der Waals surface area contributed by atoms with Crippen LogP contribution < -0.4 is 0 Å². The first-order chi connectivity index (χ1) is 7.62. The zero-order chi connectivity index (χ0) is 11.6. The summed E-state index contributed by atoms with van der Waals surface area (Å²) in [6.07, 6.45) is 5.11. The molecule has 1 aliphatic carbocycles. The summed E-state index contributed by atoms with van der Waals surface area (Å²) in [6.45, 7) is 1.08. The number of hydrogen-bond donors (Lipinski definition) is 1. The van der Waals surface area contributed by atoms with Crippen LogP contribution in [0, 0.1) is 0 Å². The molecule has 1 N–H and O–H groups in total. The Kier molecular flexibility index (Phi) is 3.20. The molecule has 0 spiro atoms. The van der Waals surface area contributed by atoms with Crippen molar-refractivity contribution in [3.63, 3.8) is 0 Å². The number of aromatic hydroxyl groups is 1. The van der Waals surface area contributed by atoms with Gasteiger partial charge in [0.2, 0.25) is 0 Å². The minimum atomic E-state index is 0.266. The van der Waals surface area contributed by atoms with Gasteiger partial charge in [-0.1, -0.05) is 25.0 Å². The van der Waals surface area contributed by atoms with Gasteiger partial charge in [-0.25, -0.2) is 0 Å². The maximum absolute atomic E-state index is 9.61. The van der Waals surface area contributed by atoms with Gasteiger partial charge in [0, 0.05) is 12.0 Å². The fourth-order valence-corrected chi connectivity index (χ4v) is 3.03. The zero-order valence-corrected chi connectivity index (χ0v) is 10.2. The Morgan fingerprint density at radius 1 is 1.25 bits per heavy atom. The second-order valence-electron chi connectivity index (χ2n) is 5.28. The van der Waals surface area contributed by atoms with Crippen LogP contribution in [0.15, 0.2) is 24.3 Å². The molecule has 0 aromatic heterocycles. The van der Waals surface area contributed by atoms with Crippen LogP contribution in [0.25, 0.3) is 0 Å². The first-order valence-corrected chi connectivity index (χ1v) is 6.07. The van der Waals surface area contributed by atoms with Crippen LogP contribution in [0.5, 0.6) is 5.75 Å². The average molecular weight is 219 g/mol. The highest BCUT2D eigenvalue weighted by molar-refractivity contribution is 5.34. The van der Waals surface area contributed by atoms with Crippen molar-refractivity contribution in [2.24, 2.45) is 0 Å². The van der Waals surface area contributed by atoms with E-state index in [2.05, 4.69) is 25.1 Å². The topological polar surface area (TPSA) is 23.5 Å². The lowest BCUT2D eigenvalue weighted by Gasteiger charge is -2.32. The zero-order valence-electron chi connectivity index (χ0n) is 10.2. The lowest BCUT2D eigenvalue weighted by atomic mass is 9.78. The molecule has 16 heavy (non-hydrogen) atoms. The quantitative estimate of drug-likeness (QED) is 0.845. The lowest BCUT2D eigenvalue weighted by molar-refractivity contribution is 0.283. The molecule has 0 unspecified atom stereocenters. The van der Waals surface area contributed by atoms with Crippen molar-refractivity contribution in [2.45, 2.75) is 31.1 Å². The minimum Gasteiger partial charge on any atom is -0.508 e. The van der Waals surface area contributed by atoms with Gasteiger partial charge in [-0.15, -0.1) is 0 Å². The van der Waals surface area contributed by atoms with E-state index in [4.69, 9.17) is 0 Å². The maximum Gasteiger partial charge on any atom is 0.115 e. The number of rotatable bonds is 3. The van der Waals surface area contributed by atoms with Gasteiger partial charge in [-0.05, 0) is 44.6 Å². The van der Waals surface area contributed by atoms with Crippen LogP contribution in [-0.2, 0) is 5.41 Å². The van der Waals surface area contributed by atoms with Gasteiger partial charge in [0.25, 0.3) is 0 Å².